The zero-order valence-corrected chi connectivity index (χ0v) is 19.6. The number of aryl methyl sites for hydroxylation is 2. The Bertz CT molecular complexity index is 1060. The number of thioether (sulfide) groups is 2. The van der Waals surface area contributed by atoms with Crippen LogP contribution in [0.25, 0.3) is 11.6 Å². The number of hydrogen-bond donors (Lipinski definition) is 1. The van der Waals surface area contributed by atoms with Gasteiger partial charge in [-0.1, -0.05) is 12.1 Å². The van der Waals surface area contributed by atoms with Gasteiger partial charge in [0, 0.05) is 36.8 Å². The summed E-state index contributed by atoms with van der Waals surface area (Å²) in [5, 5.41) is 3.69. The predicted molar refractivity (Wildman–Crippen MR) is 128 cm³/mol. The molecule has 0 saturated carbocycles. The fourth-order valence-electron chi connectivity index (χ4n) is 3.64. The van der Waals surface area contributed by atoms with Crippen LogP contribution in [0.3, 0.4) is 0 Å². The molecule has 0 bridgehead atoms. The van der Waals surface area contributed by atoms with Crippen LogP contribution < -0.4 is 5.32 Å². The zero-order chi connectivity index (χ0) is 21.8. The smallest absolute Gasteiger partial charge is 0.260 e. The molecule has 1 N–H and O–H groups in total. The van der Waals surface area contributed by atoms with Crippen LogP contribution in [0.2, 0.25) is 0 Å². The van der Waals surface area contributed by atoms with Crippen LogP contribution in [0.15, 0.2) is 46.0 Å². The summed E-state index contributed by atoms with van der Waals surface area (Å²) in [6.07, 6.45) is 3.49. The minimum atomic E-state index is -0.197. The van der Waals surface area contributed by atoms with Crippen molar-refractivity contribution in [1.82, 2.24) is 14.9 Å². The Kier molecular flexibility index (Phi) is 6.99. The molecule has 0 unspecified atom stereocenters. The first-order valence-electron chi connectivity index (χ1n) is 10.2. The maximum atomic E-state index is 13.1. The van der Waals surface area contributed by atoms with E-state index in [2.05, 4.69) is 32.3 Å². The van der Waals surface area contributed by atoms with Crippen molar-refractivity contribution >= 4 is 35.1 Å². The van der Waals surface area contributed by atoms with Crippen molar-refractivity contribution in [2.24, 2.45) is 0 Å². The van der Waals surface area contributed by atoms with E-state index in [1.807, 2.05) is 44.0 Å². The van der Waals surface area contributed by atoms with Crippen molar-refractivity contribution < 1.29 is 9.21 Å². The van der Waals surface area contributed by atoms with E-state index in [0.29, 0.717) is 27.9 Å². The van der Waals surface area contributed by atoms with Gasteiger partial charge in [0.2, 0.25) is 0 Å². The molecule has 2 aromatic heterocycles. The van der Waals surface area contributed by atoms with Crippen LogP contribution in [0.4, 0.5) is 5.69 Å². The summed E-state index contributed by atoms with van der Waals surface area (Å²) in [6.45, 7) is 7.08. The Morgan fingerprint density at radius 1 is 1.23 bits per heavy atom. The number of nitrogens with one attached hydrogen (secondary N) is 1. The van der Waals surface area contributed by atoms with Crippen molar-refractivity contribution in [3.63, 3.8) is 0 Å². The number of nitrogens with zero attached hydrogens (tertiary/aromatic N) is 3. The Labute approximate surface area is 191 Å². The first-order chi connectivity index (χ1) is 15.0. The lowest BCUT2D eigenvalue weighted by atomic mass is 10.1. The number of hydrogen-bond acceptors (Lipinski definition) is 7. The Morgan fingerprint density at radius 2 is 2.03 bits per heavy atom. The average Bonchev–Trinajstić information content (AvgIpc) is 3.30. The van der Waals surface area contributed by atoms with Gasteiger partial charge in [0.1, 0.15) is 5.03 Å². The molecule has 6 nitrogen and oxygen atoms in total. The lowest BCUT2D eigenvalue weighted by Crippen LogP contribution is -2.31. The maximum Gasteiger partial charge on any atom is 0.260 e. The van der Waals surface area contributed by atoms with Crippen molar-refractivity contribution in [2.45, 2.75) is 25.4 Å². The van der Waals surface area contributed by atoms with Crippen LogP contribution in [0.5, 0.6) is 0 Å². The zero-order valence-electron chi connectivity index (χ0n) is 18.0. The molecule has 8 heteroatoms. The molecule has 0 aliphatic carbocycles. The van der Waals surface area contributed by atoms with E-state index in [-0.39, 0.29) is 5.91 Å². The maximum absolute atomic E-state index is 13.1. The molecule has 1 aliphatic rings. The summed E-state index contributed by atoms with van der Waals surface area (Å²) in [5.74, 6) is 3.27. The number of rotatable bonds is 6. The molecule has 0 spiro atoms. The van der Waals surface area contributed by atoms with E-state index in [1.165, 1.54) is 28.8 Å². The molecule has 1 amide bonds. The number of benzene rings is 1. The number of carbonyl (C=O) groups is 1. The van der Waals surface area contributed by atoms with Gasteiger partial charge in [-0.25, -0.2) is 9.97 Å². The van der Waals surface area contributed by atoms with Crippen molar-refractivity contribution in [3.05, 3.63) is 59.0 Å². The van der Waals surface area contributed by atoms with Gasteiger partial charge >= 0.3 is 0 Å². The highest BCUT2D eigenvalue weighted by atomic mass is 32.2. The van der Waals surface area contributed by atoms with Gasteiger partial charge in [-0.15, -0.1) is 11.8 Å². The molecule has 1 fully saturated rings. The SMILES string of the molecule is CSc1nc(-c2ccco2)nc(C)c1C(=O)Nc1ccc(CN2CCSCC2)cc1C. The number of amides is 1. The van der Waals surface area contributed by atoms with Crippen LogP contribution in [-0.4, -0.2) is 51.6 Å². The van der Waals surface area contributed by atoms with Crippen LogP contribution in [-0.2, 0) is 6.54 Å². The van der Waals surface area contributed by atoms with Gasteiger partial charge in [0.15, 0.2) is 11.6 Å². The van der Waals surface area contributed by atoms with Gasteiger partial charge in [-0.3, -0.25) is 9.69 Å². The van der Waals surface area contributed by atoms with E-state index in [9.17, 15) is 4.79 Å². The average molecular weight is 455 g/mol. The predicted octanol–water partition coefficient (Wildman–Crippen LogP) is 4.88. The first-order valence-corrected chi connectivity index (χ1v) is 12.6. The van der Waals surface area contributed by atoms with Gasteiger partial charge in [-0.05, 0) is 49.4 Å². The second kappa shape index (κ2) is 9.89. The molecule has 1 aromatic carbocycles. The third-order valence-electron chi connectivity index (χ3n) is 5.27. The molecule has 1 saturated heterocycles. The largest absolute Gasteiger partial charge is 0.461 e. The molecule has 31 heavy (non-hydrogen) atoms. The highest BCUT2D eigenvalue weighted by Crippen LogP contribution is 2.27. The lowest BCUT2D eigenvalue weighted by Gasteiger charge is -2.26. The summed E-state index contributed by atoms with van der Waals surface area (Å²) < 4.78 is 5.41. The third-order valence-corrected chi connectivity index (χ3v) is 6.89. The molecule has 1 aliphatic heterocycles. The number of carbonyl (C=O) groups excluding carboxylic acids is 1. The van der Waals surface area contributed by atoms with E-state index >= 15 is 0 Å². The fraction of sp³-hybridized carbons (Fsp3) is 0.348. The lowest BCUT2D eigenvalue weighted by molar-refractivity contribution is 0.102. The standard InChI is InChI=1S/C23H26N4O2S2/c1-15-13-17(14-27-8-11-31-12-9-27)6-7-18(15)25-22(28)20-16(2)24-21(26-23(20)30-3)19-5-4-10-29-19/h4-7,10,13H,8-9,11-12,14H2,1-3H3,(H,25,28). The number of furan rings is 1. The summed E-state index contributed by atoms with van der Waals surface area (Å²) in [6, 6.07) is 9.86. The molecule has 0 radical (unpaired) electrons. The summed E-state index contributed by atoms with van der Waals surface area (Å²) in [5.41, 5.74) is 4.25. The molecular formula is C23H26N4O2S2. The third kappa shape index (κ3) is 5.14. The van der Waals surface area contributed by atoms with Crippen LogP contribution in [0, 0.1) is 13.8 Å². The molecule has 162 valence electrons. The normalized spacial score (nSPS) is 14.5. The fourth-order valence-corrected chi connectivity index (χ4v) is 5.24. The Morgan fingerprint density at radius 3 is 2.71 bits per heavy atom. The van der Waals surface area contributed by atoms with Gasteiger partial charge < -0.3 is 9.73 Å². The first kappa shape index (κ1) is 21.9. The second-order valence-electron chi connectivity index (χ2n) is 7.49. The quantitative estimate of drug-likeness (QED) is 0.420. The molecule has 4 rings (SSSR count). The van der Waals surface area contributed by atoms with Crippen molar-refractivity contribution in [2.75, 3.05) is 36.2 Å². The Balaban J connectivity index is 1.52. The van der Waals surface area contributed by atoms with Crippen molar-refractivity contribution in [1.29, 1.82) is 0 Å². The summed E-state index contributed by atoms with van der Waals surface area (Å²) in [7, 11) is 0. The molecular weight excluding hydrogens is 428 g/mol. The van der Waals surface area contributed by atoms with Crippen LogP contribution >= 0.6 is 23.5 Å². The van der Waals surface area contributed by atoms with Gasteiger partial charge in [-0.2, -0.15) is 11.8 Å². The Hall–Kier alpha value is -2.29. The van der Waals surface area contributed by atoms with Crippen molar-refractivity contribution in [3.8, 4) is 11.6 Å². The van der Waals surface area contributed by atoms with E-state index < -0.39 is 0 Å². The highest BCUT2D eigenvalue weighted by Gasteiger charge is 2.20. The monoisotopic (exact) mass is 454 g/mol. The molecule has 3 aromatic rings. The van der Waals surface area contributed by atoms with Gasteiger partial charge in [0.25, 0.3) is 5.91 Å². The number of anilines is 1. The van der Waals surface area contributed by atoms with Gasteiger partial charge in [0.05, 0.1) is 17.5 Å². The summed E-state index contributed by atoms with van der Waals surface area (Å²) >= 11 is 3.44. The van der Waals surface area contributed by atoms with E-state index in [0.717, 1.165) is 30.9 Å². The molecule has 3 heterocycles. The minimum Gasteiger partial charge on any atom is -0.461 e. The van der Waals surface area contributed by atoms with Crippen LogP contribution in [0.1, 0.15) is 27.2 Å². The summed E-state index contributed by atoms with van der Waals surface area (Å²) in [4.78, 5) is 24.7. The topological polar surface area (TPSA) is 71.3 Å². The minimum absolute atomic E-state index is 0.197. The van der Waals surface area contributed by atoms with E-state index in [4.69, 9.17) is 4.42 Å². The molecule has 0 atom stereocenters. The second-order valence-corrected chi connectivity index (χ2v) is 9.51. The van der Waals surface area contributed by atoms with E-state index in [1.54, 1.807) is 12.3 Å². The number of aromatic nitrogens is 2. The highest BCUT2D eigenvalue weighted by molar-refractivity contribution is 7.99.